The summed E-state index contributed by atoms with van der Waals surface area (Å²) in [5.41, 5.74) is 1.54. The van der Waals surface area contributed by atoms with Gasteiger partial charge in [-0.2, -0.15) is 0 Å². The second kappa shape index (κ2) is 8.26. The van der Waals surface area contributed by atoms with Crippen LogP contribution in [0.25, 0.3) is 0 Å². The molecule has 1 aromatic rings. The summed E-state index contributed by atoms with van der Waals surface area (Å²) in [7, 11) is 1.36. The Bertz CT molecular complexity index is 282. The maximum absolute atomic E-state index is 11.0. The van der Waals surface area contributed by atoms with Crippen molar-refractivity contribution in [3.05, 3.63) is 35.4 Å². The predicted molar refractivity (Wildman–Crippen MR) is 60.1 cm³/mol. The van der Waals surface area contributed by atoms with Crippen LogP contribution in [0.2, 0.25) is 0 Å². The molecule has 0 unspecified atom stereocenters. The van der Waals surface area contributed by atoms with Gasteiger partial charge in [-0.1, -0.05) is 12.1 Å². The average molecular weight is 231 g/mol. The number of rotatable bonds is 2. The van der Waals surface area contributed by atoms with Gasteiger partial charge in [0.2, 0.25) is 0 Å². The third-order valence-corrected chi connectivity index (χ3v) is 1.84. The van der Waals surface area contributed by atoms with Crippen molar-refractivity contribution in [2.45, 2.75) is 12.8 Å². The molecular formula is C11H15ClO3. The minimum Gasteiger partial charge on any atom is -0.465 e. The molecule has 0 aliphatic rings. The van der Waals surface area contributed by atoms with Crippen LogP contribution >= 0.6 is 11.6 Å². The summed E-state index contributed by atoms with van der Waals surface area (Å²) in [5, 5.41) is 7.57. The fourth-order valence-corrected chi connectivity index (χ4v) is 1.03. The average Bonchev–Trinajstić information content (AvgIpc) is 2.29. The first kappa shape index (κ1) is 13.9. The van der Waals surface area contributed by atoms with Gasteiger partial charge in [0.05, 0.1) is 12.7 Å². The number of carbonyl (C=O) groups excluding carboxylic acids is 1. The highest BCUT2D eigenvalue weighted by atomic mass is 35.5. The van der Waals surface area contributed by atoms with Crippen LogP contribution in [0, 0.1) is 0 Å². The molecule has 0 radical (unpaired) electrons. The van der Waals surface area contributed by atoms with Crippen molar-refractivity contribution in [3.8, 4) is 0 Å². The lowest BCUT2D eigenvalue weighted by Gasteiger charge is -1.99. The highest BCUT2D eigenvalue weighted by molar-refractivity contribution is 6.17. The Morgan fingerprint density at radius 1 is 1.40 bits per heavy atom. The monoisotopic (exact) mass is 230 g/mol. The van der Waals surface area contributed by atoms with Gasteiger partial charge in [-0.05, 0) is 24.6 Å². The number of aliphatic hydroxyl groups is 1. The fourth-order valence-electron chi connectivity index (χ4n) is 0.848. The molecule has 1 rings (SSSR count). The number of esters is 1. The van der Waals surface area contributed by atoms with Crippen LogP contribution in [-0.2, 0) is 10.6 Å². The quantitative estimate of drug-likeness (QED) is 0.626. The maximum Gasteiger partial charge on any atom is 0.337 e. The SMILES string of the molecule is CCO.COC(=O)c1ccc(CCl)cc1. The minimum atomic E-state index is -0.323. The van der Waals surface area contributed by atoms with Gasteiger partial charge in [0.25, 0.3) is 0 Å². The normalized spacial score (nSPS) is 8.80. The second-order valence-corrected chi connectivity index (χ2v) is 2.91. The van der Waals surface area contributed by atoms with E-state index in [9.17, 15) is 4.79 Å². The molecule has 0 bridgehead atoms. The Kier molecular flexibility index (Phi) is 7.68. The molecule has 0 heterocycles. The Morgan fingerprint density at radius 3 is 2.20 bits per heavy atom. The minimum absolute atomic E-state index is 0.250. The molecule has 4 heteroatoms. The van der Waals surface area contributed by atoms with E-state index in [2.05, 4.69) is 4.74 Å². The number of hydrogen-bond donors (Lipinski definition) is 1. The molecular weight excluding hydrogens is 216 g/mol. The predicted octanol–water partition coefficient (Wildman–Crippen LogP) is 2.21. The van der Waals surface area contributed by atoms with Crippen LogP contribution in [0.1, 0.15) is 22.8 Å². The summed E-state index contributed by atoms with van der Waals surface area (Å²) in [6.07, 6.45) is 0. The van der Waals surface area contributed by atoms with Gasteiger partial charge in [-0.25, -0.2) is 4.79 Å². The van der Waals surface area contributed by atoms with Gasteiger partial charge in [0.15, 0.2) is 0 Å². The molecule has 1 aromatic carbocycles. The zero-order valence-electron chi connectivity index (χ0n) is 8.87. The zero-order valence-corrected chi connectivity index (χ0v) is 9.62. The Hall–Kier alpha value is -1.06. The summed E-state index contributed by atoms with van der Waals surface area (Å²) in [6.45, 7) is 1.93. The number of halogens is 1. The standard InChI is InChI=1S/C9H9ClO2.C2H6O/c1-12-9(11)8-4-2-7(6-10)3-5-8;1-2-3/h2-5H,6H2,1H3;3H,2H2,1H3. The number of ether oxygens (including phenoxy) is 1. The van der Waals surface area contributed by atoms with E-state index >= 15 is 0 Å². The molecule has 84 valence electrons. The summed E-state index contributed by atoms with van der Waals surface area (Å²) in [5.74, 6) is 0.137. The van der Waals surface area contributed by atoms with Crippen molar-refractivity contribution in [2.75, 3.05) is 13.7 Å². The topological polar surface area (TPSA) is 46.5 Å². The first-order valence-corrected chi connectivity index (χ1v) is 5.07. The smallest absolute Gasteiger partial charge is 0.337 e. The first-order chi connectivity index (χ1) is 7.19. The van der Waals surface area contributed by atoms with Crippen LogP contribution in [0.4, 0.5) is 0 Å². The van der Waals surface area contributed by atoms with E-state index < -0.39 is 0 Å². The van der Waals surface area contributed by atoms with Gasteiger partial charge in [0.1, 0.15) is 0 Å². The van der Waals surface area contributed by atoms with E-state index in [1.165, 1.54) is 7.11 Å². The van der Waals surface area contributed by atoms with Crippen LogP contribution in [0.3, 0.4) is 0 Å². The van der Waals surface area contributed by atoms with Gasteiger partial charge in [0, 0.05) is 12.5 Å². The van der Waals surface area contributed by atoms with Gasteiger partial charge < -0.3 is 9.84 Å². The van der Waals surface area contributed by atoms with Crippen molar-refractivity contribution in [1.29, 1.82) is 0 Å². The van der Waals surface area contributed by atoms with Crippen molar-refractivity contribution >= 4 is 17.6 Å². The summed E-state index contributed by atoms with van der Waals surface area (Å²) in [6, 6.07) is 7.01. The summed E-state index contributed by atoms with van der Waals surface area (Å²) in [4.78, 5) is 11.0. The fraction of sp³-hybridized carbons (Fsp3) is 0.364. The Morgan fingerprint density at radius 2 is 1.87 bits per heavy atom. The number of hydrogen-bond acceptors (Lipinski definition) is 3. The van der Waals surface area contributed by atoms with Crippen LogP contribution in [0.5, 0.6) is 0 Å². The third-order valence-electron chi connectivity index (χ3n) is 1.53. The van der Waals surface area contributed by atoms with E-state index in [1.807, 2.05) is 0 Å². The summed E-state index contributed by atoms with van der Waals surface area (Å²) < 4.78 is 4.54. The number of carbonyl (C=O) groups is 1. The zero-order chi connectivity index (χ0) is 11.7. The summed E-state index contributed by atoms with van der Waals surface area (Å²) >= 11 is 5.58. The Balaban J connectivity index is 0.000000583. The van der Waals surface area contributed by atoms with Gasteiger partial charge >= 0.3 is 5.97 Å². The highest BCUT2D eigenvalue weighted by Gasteiger charge is 2.02. The van der Waals surface area contributed by atoms with Crippen LogP contribution < -0.4 is 0 Å². The molecule has 15 heavy (non-hydrogen) atoms. The van der Waals surface area contributed by atoms with Gasteiger partial charge in [-0.3, -0.25) is 0 Å². The molecule has 0 aromatic heterocycles. The molecule has 0 spiro atoms. The Labute approximate surface area is 94.6 Å². The van der Waals surface area contributed by atoms with Crippen molar-refractivity contribution < 1.29 is 14.6 Å². The van der Waals surface area contributed by atoms with Crippen molar-refractivity contribution in [3.63, 3.8) is 0 Å². The number of alkyl halides is 1. The second-order valence-electron chi connectivity index (χ2n) is 2.64. The lowest BCUT2D eigenvalue weighted by molar-refractivity contribution is 0.0600. The van der Waals surface area contributed by atoms with Crippen molar-refractivity contribution in [2.24, 2.45) is 0 Å². The largest absolute Gasteiger partial charge is 0.465 e. The number of aliphatic hydroxyl groups excluding tert-OH is 1. The maximum atomic E-state index is 11.0. The lowest BCUT2D eigenvalue weighted by atomic mass is 10.1. The van der Waals surface area contributed by atoms with Gasteiger partial charge in [-0.15, -0.1) is 11.6 Å². The van der Waals surface area contributed by atoms with Crippen molar-refractivity contribution in [1.82, 2.24) is 0 Å². The molecule has 0 fully saturated rings. The molecule has 0 atom stereocenters. The number of methoxy groups -OCH3 is 1. The van der Waals surface area contributed by atoms with E-state index in [4.69, 9.17) is 16.7 Å². The van der Waals surface area contributed by atoms with Crippen LogP contribution in [0.15, 0.2) is 24.3 Å². The van der Waals surface area contributed by atoms with E-state index in [1.54, 1.807) is 31.2 Å². The molecule has 0 saturated heterocycles. The lowest BCUT2D eigenvalue weighted by Crippen LogP contribution is -2.00. The van der Waals surface area contributed by atoms with E-state index in [-0.39, 0.29) is 12.6 Å². The number of benzene rings is 1. The molecule has 0 saturated carbocycles. The molecule has 1 N–H and O–H groups in total. The first-order valence-electron chi connectivity index (χ1n) is 4.53. The molecule has 0 amide bonds. The van der Waals surface area contributed by atoms with E-state index in [0.717, 1.165) is 5.56 Å². The highest BCUT2D eigenvalue weighted by Crippen LogP contribution is 2.07. The third kappa shape index (κ3) is 5.40. The van der Waals surface area contributed by atoms with Crippen LogP contribution in [-0.4, -0.2) is 24.8 Å². The van der Waals surface area contributed by atoms with E-state index in [0.29, 0.717) is 11.4 Å². The molecule has 0 aliphatic heterocycles. The molecule has 0 aliphatic carbocycles. The molecule has 3 nitrogen and oxygen atoms in total.